The minimum atomic E-state index is -0.241. The summed E-state index contributed by atoms with van der Waals surface area (Å²) in [6, 6.07) is 8.37. The molecule has 0 saturated heterocycles. The van der Waals surface area contributed by atoms with E-state index in [9.17, 15) is 9.18 Å². The summed E-state index contributed by atoms with van der Waals surface area (Å²) in [7, 11) is 0. The van der Waals surface area contributed by atoms with E-state index in [1.807, 2.05) is 6.92 Å². The van der Waals surface area contributed by atoms with Gasteiger partial charge in [0.15, 0.2) is 0 Å². The second-order valence-corrected chi connectivity index (χ2v) is 5.77. The van der Waals surface area contributed by atoms with Crippen molar-refractivity contribution in [1.82, 2.24) is 15.3 Å². The monoisotopic (exact) mass is 314 g/mol. The molecule has 1 aromatic carbocycles. The predicted molar refractivity (Wildman–Crippen MR) is 85.9 cm³/mol. The highest BCUT2D eigenvalue weighted by molar-refractivity contribution is 5.93. The van der Waals surface area contributed by atoms with Crippen LogP contribution in [0.25, 0.3) is 0 Å². The molecule has 120 valence electrons. The molecular formula is C17H19FN4O. The van der Waals surface area contributed by atoms with E-state index in [0.29, 0.717) is 24.2 Å². The van der Waals surface area contributed by atoms with Crippen LogP contribution in [0.2, 0.25) is 0 Å². The summed E-state index contributed by atoms with van der Waals surface area (Å²) in [5.74, 6) is 0.0442. The molecule has 0 bridgehead atoms. The zero-order valence-corrected chi connectivity index (χ0v) is 13.0. The summed E-state index contributed by atoms with van der Waals surface area (Å²) in [6.07, 6.45) is 2.80. The highest BCUT2D eigenvalue weighted by atomic mass is 19.1. The maximum atomic E-state index is 12.9. The van der Waals surface area contributed by atoms with Crippen LogP contribution in [-0.4, -0.2) is 28.5 Å². The Balaban J connectivity index is 1.59. The number of hydrogen-bond acceptors (Lipinski definition) is 4. The number of carbonyl (C=O) groups is 1. The number of amides is 1. The number of carbonyl (C=O) groups excluding carboxylic acids is 1. The number of aromatic nitrogens is 2. The summed E-state index contributed by atoms with van der Waals surface area (Å²) < 4.78 is 12.9. The average Bonchev–Trinajstić information content (AvgIpc) is 3.33. The van der Waals surface area contributed by atoms with Crippen molar-refractivity contribution in [3.05, 3.63) is 53.1 Å². The van der Waals surface area contributed by atoms with Gasteiger partial charge in [0.25, 0.3) is 5.91 Å². The molecule has 1 aliphatic rings. The van der Waals surface area contributed by atoms with Gasteiger partial charge >= 0.3 is 0 Å². The van der Waals surface area contributed by atoms with Gasteiger partial charge in [0.05, 0.1) is 0 Å². The Bertz CT molecular complexity index is 698. The van der Waals surface area contributed by atoms with Crippen molar-refractivity contribution in [2.24, 2.45) is 0 Å². The van der Waals surface area contributed by atoms with E-state index >= 15 is 0 Å². The SMILES string of the molecule is Cc1cc(C(=O)NC2CC2)nc(NCCc2ccc(F)cc2)n1. The molecule has 1 saturated carbocycles. The Labute approximate surface area is 134 Å². The number of nitrogens with one attached hydrogen (secondary N) is 2. The van der Waals surface area contributed by atoms with Gasteiger partial charge in [0, 0.05) is 18.3 Å². The van der Waals surface area contributed by atoms with E-state index in [4.69, 9.17) is 0 Å². The molecule has 1 heterocycles. The van der Waals surface area contributed by atoms with E-state index < -0.39 is 0 Å². The van der Waals surface area contributed by atoms with Gasteiger partial charge in [-0.25, -0.2) is 14.4 Å². The first kappa shape index (κ1) is 15.4. The van der Waals surface area contributed by atoms with Crippen LogP contribution < -0.4 is 10.6 Å². The first-order valence-electron chi connectivity index (χ1n) is 7.75. The maximum absolute atomic E-state index is 12.9. The third-order valence-corrected chi connectivity index (χ3v) is 3.61. The summed E-state index contributed by atoms with van der Waals surface area (Å²) in [5.41, 5.74) is 2.15. The molecule has 3 rings (SSSR count). The van der Waals surface area contributed by atoms with E-state index in [-0.39, 0.29) is 11.7 Å². The molecular weight excluding hydrogens is 295 g/mol. The number of hydrogen-bond donors (Lipinski definition) is 2. The lowest BCUT2D eigenvalue weighted by Crippen LogP contribution is -2.27. The van der Waals surface area contributed by atoms with Crippen molar-refractivity contribution in [2.75, 3.05) is 11.9 Å². The molecule has 0 aliphatic heterocycles. The number of nitrogens with zero attached hydrogens (tertiary/aromatic N) is 2. The number of aryl methyl sites for hydroxylation is 1. The van der Waals surface area contributed by atoms with Crippen LogP contribution in [0.4, 0.5) is 10.3 Å². The van der Waals surface area contributed by atoms with Gasteiger partial charge in [-0.2, -0.15) is 0 Å². The van der Waals surface area contributed by atoms with Gasteiger partial charge in [-0.3, -0.25) is 4.79 Å². The third kappa shape index (κ3) is 4.48. The minimum absolute atomic E-state index is 0.153. The van der Waals surface area contributed by atoms with Gasteiger partial charge < -0.3 is 10.6 Å². The van der Waals surface area contributed by atoms with Gasteiger partial charge in [0.2, 0.25) is 5.95 Å². The molecule has 23 heavy (non-hydrogen) atoms. The van der Waals surface area contributed by atoms with Crippen LogP contribution in [-0.2, 0) is 6.42 Å². The molecule has 5 nitrogen and oxygen atoms in total. The number of benzene rings is 1. The fraction of sp³-hybridized carbons (Fsp3) is 0.353. The third-order valence-electron chi connectivity index (χ3n) is 3.61. The van der Waals surface area contributed by atoms with E-state index in [1.54, 1.807) is 18.2 Å². The molecule has 0 unspecified atom stereocenters. The van der Waals surface area contributed by atoms with Crippen LogP contribution in [0.15, 0.2) is 30.3 Å². The molecule has 1 fully saturated rings. The van der Waals surface area contributed by atoms with Gasteiger partial charge in [-0.1, -0.05) is 12.1 Å². The lowest BCUT2D eigenvalue weighted by atomic mass is 10.1. The van der Waals surface area contributed by atoms with Crippen molar-refractivity contribution in [3.63, 3.8) is 0 Å². The van der Waals surface area contributed by atoms with Crippen molar-refractivity contribution < 1.29 is 9.18 Å². The van der Waals surface area contributed by atoms with Gasteiger partial charge in [0.1, 0.15) is 11.5 Å². The predicted octanol–water partition coefficient (Wildman–Crippen LogP) is 2.47. The first-order valence-corrected chi connectivity index (χ1v) is 7.75. The average molecular weight is 314 g/mol. The molecule has 1 aliphatic carbocycles. The van der Waals surface area contributed by atoms with Gasteiger partial charge in [-0.05, 0) is 49.9 Å². The molecule has 0 radical (unpaired) electrons. The fourth-order valence-electron chi connectivity index (χ4n) is 2.22. The molecule has 6 heteroatoms. The molecule has 0 spiro atoms. The molecule has 2 N–H and O–H groups in total. The molecule has 1 amide bonds. The molecule has 1 aromatic heterocycles. The Hall–Kier alpha value is -2.50. The first-order chi connectivity index (χ1) is 11.1. The Morgan fingerprint density at radius 3 is 2.70 bits per heavy atom. The van der Waals surface area contributed by atoms with Crippen molar-refractivity contribution in [3.8, 4) is 0 Å². The summed E-state index contributed by atoms with van der Waals surface area (Å²) in [6.45, 7) is 2.44. The summed E-state index contributed by atoms with van der Waals surface area (Å²) in [4.78, 5) is 20.6. The Morgan fingerprint density at radius 1 is 1.26 bits per heavy atom. The number of halogens is 1. The Morgan fingerprint density at radius 2 is 2.00 bits per heavy atom. The van der Waals surface area contributed by atoms with Crippen LogP contribution in [0.5, 0.6) is 0 Å². The second-order valence-electron chi connectivity index (χ2n) is 5.77. The zero-order chi connectivity index (χ0) is 16.2. The normalized spacial score (nSPS) is 13.7. The van der Waals surface area contributed by atoms with Crippen LogP contribution in [0.3, 0.4) is 0 Å². The fourth-order valence-corrected chi connectivity index (χ4v) is 2.22. The van der Waals surface area contributed by atoms with Crippen LogP contribution in [0.1, 0.15) is 34.6 Å². The number of rotatable bonds is 6. The smallest absolute Gasteiger partial charge is 0.270 e. The summed E-state index contributed by atoms with van der Waals surface area (Å²) >= 11 is 0. The lowest BCUT2D eigenvalue weighted by Gasteiger charge is -2.08. The quantitative estimate of drug-likeness (QED) is 0.859. The maximum Gasteiger partial charge on any atom is 0.270 e. The minimum Gasteiger partial charge on any atom is -0.354 e. The zero-order valence-electron chi connectivity index (χ0n) is 13.0. The van der Waals surface area contributed by atoms with E-state index in [1.165, 1.54) is 12.1 Å². The van der Waals surface area contributed by atoms with Gasteiger partial charge in [-0.15, -0.1) is 0 Å². The number of anilines is 1. The lowest BCUT2D eigenvalue weighted by molar-refractivity contribution is 0.0946. The summed E-state index contributed by atoms with van der Waals surface area (Å²) in [5, 5.41) is 6.04. The largest absolute Gasteiger partial charge is 0.354 e. The van der Waals surface area contributed by atoms with Crippen LogP contribution in [0, 0.1) is 12.7 Å². The van der Waals surface area contributed by atoms with Crippen molar-refractivity contribution in [2.45, 2.75) is 32.2 Å². The molecule has 0 atom stereocenters. The highest BCUT2D eigenvalue weighted by Crippen LogP contribution is 2.19. The topological polar surface area (TPSA) is 66.9 Å². The van der Waals surface area contributed by atoms with E-state index in [0.717, 1.165) is 30.5 Å². The Kier molecular flexibility index (Phi) is 4.50. The molecule has 2 aromatic rings. The standard InChI is InChI=1S/C17H19FN4O/c1-11-10-15(16(23)21-14-6-7-14)22-17(20-11)19-9-8-12-2-4-13(18)5-3-12/h2-5,10,14H,6-9H2,1H3,(H,21,23)(H,19,20,22). The van der Waals surface area contributed by atoms with Crippen LogP contribution >= 0.6 is 0 Å². The van der Waals surface area contributed by atoms with E-state index in [2.05, 4.69) is 20.6 Å². The van der Waals surface area contributed by atoms with Crippen molar-refractivity contribution >= 4 is 11.9 Å². The highest BCUT2D eigenvalue weighted by Gasteiger charge is 2.24. The second kappa shape index (κ2) is 6.73. The van der Waals surface area contributed by atoms with Crippen molar-refractivity contribution in [1.29, 1.82) is 0 Å².